The van der Waals surface area contributed by atoms with Gasteiger partial charge in [0.15, 0.2) is 0 Å². The zero-order valence-corrected chi connectivity index (χ0v) is 13.0. The van der Waals surface area contributed by atoms with Crippen LogP contribution in [-0.4, -0.2) is 24.3 Å². The minimum atomic E-state index is -0.298. The molecule has 0 spiro atoms. The zero-order valence-electron chi connectivity index (χ0n) is 13.0. The van der Waals surface area contributed by atoms with Crippen molar-refractivity contribution in [2.24, 2.45) is 5.73 Å². The van der Waals surface area contributed by atoms with Crippen LogP contribution in [0.15, 0.2) is 18.2 Å². The fraction of sp³-hybridized carbons (Fsp3) is 0.625. The van der Waals surface area contributed by atoms with Crippen molar-refractivity contribution in [3.63, 3.8) is 0 Å². The molecule has 1 saturated heterocycles. The van der Waals surface area contributed by atoms with Crippen molar-refractivity contribution < 1.29 is 9.13 Å². The average molecular weight is 280 g/mol. The van der Waals surface area contributed by atoms with Gasteiger partial charge in [-0.3, -0.25) is 0 Å². The lowest BCUT2D eigenvalue weighted by Crippen LogP contribution is -2.57. The van der Waals surface area contributed by atoms with Crippen LogP contribution in [0, 0.1) is 5.82 Å². The van der Waals surface area contributed by atoms with Gasteiger partial charge in [-0.05, 0) is 52.3 Å². The topological polar surface area (TPSA) is 38.5 Å². The highest BCUT2D eigenvalue weighted by Crippen LogP contribution is 2.33. The Morgan fingerprint density at radius 1 is 1.20 bits per heavy atom. The van der Waals surface area contributed by atoms with Crippen LogP contribution in [0.3, 0.4) is 0 Å². The number of hydrogen-bond acceptors (Lipinski definition) is 3. The number of nitrogens with two attached hydrogens (primary N) is 1. The Labute approximate surface area is 120 Å². The Morgan fingerprint density at radius 3 is 2.20 bits per heavy atom. The summed E-state index contributed by atoms with van der Waals surface area (Å²) >= 11 is 0. The minimum Gasteiger partial charge on any atom is -0.366 e. The Balaban J connectivity index is 2.31. The van der Waals surface area contributed by atoms with Crippen LogP contribution in [0.2, 0.25) is 0 Å². The number of halogens is 1. The van der Waals surface area contributed by atoms with E-state index in [2.05, 4.69) is 4.90 Å². The number of ether oxygens (including phenoxy) is 1. The molecule has 1 aliphatic rings. The van der Waals surface area contributed by atoms with Crippen LogP contribution >= 0.6 is 0 Å². The van der Waals surface area contributed by atoms with Gasteiger partial charge in [0, 0.05) is 19.1 Å². The molecule has 112 valence electrons. The first kappa shape index (κ1) is 15.3. The molecule has 2 N–H and O–H groups in total. The third-order valence-electron chi connectivity index (χ3n) is 3.53. The van der Waals surface area contributed by atoms with E-state index in [1.54, 1.807) is 0 Å². The summed E-state index contributed by atoms with van der Waals surface area (Å²) in [7, 11) is 0. The van der Waals surface area contributed by atoms with E-state index < -0.39 is 0 Å². The number of hydrogen-bond donors (Lipinski definition) is 1. The lowest BCUT2D eigenvalue weighted by atomic mass is 9.98. The summed E-state index contributed by atoms with van der Waals surface area (Å²) in [5.74, 6) is -0.215. The van der Waals surface area contributed by atoms with Gasteiger partial charge >= 0.3 is 0 Å². The van der Waals surface area contributed by atoms with Gasteiger partial charge in [0.1, 0.15) is 5.82 Å². The van der Waals surface area contributed by atoms with Crippen molar-refractivity contribution in [3.05, 3.63) is 29.6 Å². The van der Waals surface area contributed by atoms with Crippen LogP contribution in [-0.2, 0) is 4.74 Å². The first-order valence-corrected chi connectivity index (χ1v) is 7.10. The Kier molecular flexibility index (Phi) is 3.82. The van der Waals surface area contributed by atoms with Gasteiger partial charge in [-0.25, -0.2) is 4.39 Å². The second-order valence-corrected chi connectivity index (χ2v) is 6.98. The molecular weight excluding hydrogens is 255 g/mol. The van der Waals surface area contributed by atoms with Crippen molar-refractivity contribution >= 4 is 5.69 Å². The fourth-order valence-electron chi connectivity index (χ4n) is 3.02. The van der Waals surface area contributed by atoms with Crippen molar-refractivity contribution in [3.8, 4) is 0 Å². The Bertz CT molecular complexity index is 481. The number of anilines is 1. The van der Waals surface area contributed by atoms with Crippen LogP contribution in [0.4, 0.5) is 10.1 Å². The van der Waals surface area contributed by atoms with Gasteiger partial charge in [-0.15, -0.1) is 0 Å². The molecule has 4 heteroatoms. The molecule has 0 bridgehead atoms. The first-order chi connectivity index (χ1) is 9.10. The first-order valence-electron chi connectivity index (χ1n) is 7.10. The van der Waals surface area contributed by atoms with E-state index in [4.69, 9.17) is 10.5 Å². The lowest BCUT2D eigenvalue weighted by Gasteiger charge is -2.48. The molecule has 2 rings (SSSR count). The van der Waals surface area contributed by atoms with E-state index in [0.717, 1.165) is 5.56 Å². The highest BCUT2D eigenvalue weighted by Gasteiger charge is 2.38. The predicted octanol–water partition coefficient (Wildman–Crippen LogP) is 3.24. The molecule has 1 aromatic rings. The van der Waals surface area contributed by atoms with Gasteiger partial charge in [-0.2, -0.15) is 0 Å². The second-order valence-electron chi connectivity index (χ2n) is 6.98. The van der Waals surface area contributed by atoms with E-state index in [1.165, 1.54) is 6.07 Å². The summed E-state index contributed by atoms with van der Waals surface area (Å²) in [4.78, 5) is 2.06. The minimum absolute atomic E-state index is 0.156. The number of morpholine rings is 1. The molecule has 0 aliphatic carbocycles. The predicted molar refractivity (Wildman–Crippen MR) is 80.5 cm³/mol. The second kappa shape index (κ2) is 5.01. The molecule has 0 unspecified atom stereocenters. The van der Waals surface area contributed by atoms with Gasteiger partial charge in [0.25, 0.3) is 0 Å². The lowest BCUT2D eigenvalue weighted by molar-refractivity contribution is -0.133. The third-order valence-corrected chi connectivity index (χ3v) is 3.53. The van der Waals surface area contributed by atoms with Crippen LogP contribution in [0.25, 0.3) is 0 Å². The summed E-state index contributed by atoms with van der Waals surface area (Å²) in [5, 5.41) is 0. The summed E-state index contributed by atoms with van der Waals surface area (Å²) in [6.45, 7) is 11.3. The smallest absolute Gasteiger partial charge is 0.146 e. The number of benzene rings is 1. The van der Waals surface area contributed by atoms with Crippen LogP contribution in [0.5, 0.6) is 0 Å². The highest BCUT2D eigenvalue weighted by atomic mass is 19.1. The maximum atomic E-state index is 14.4. The van der Waals surface area contributed by atoms with Crippen LogP contribution in [0.1, 0.15) is 46.2 Å². The normalized spacial score (nSPS) is 22.6. The van der Waals surface area contributed by atoms with E-state index in [0.29, 0.717) is 18.8 Å². The highest BCUT2D eigenvalue weighted by molar-refractivity contribution is 5.50. The maximum absolute atomic E-state index is 14.4. The molecule has 0 radical (unpaired) electrons. The molecule has 0 aromatic heterocycles. The van der Waals surface area contributed by atoms with E-state index >= 15 is 0 Å². The largest absolute Gasteiger partial charge is 0.366 e. The average Bonchev–Trinajstić information content (AvgIpc) is 2.24. The van der Waals surface area contributed by atoms with Crippen molar-refractivity contribution in [2.45, 2.75) is 51.9 Å². The summed E-state index contributed by atoms with van der Waals surface area (Å²) in [6.07, 6.45) is 0. The number of rotatable bonds is 2. The van der Waals surface area contributed by atoms with E-state index in [1.807, 2.05) is 46.8 Å². The molecule has 20 heavy (non-hydrogen) atoms. The molecule has 1 atom stereocenters. The molecular formula is C16H25FN2O. The van der Waals surface area contributed by atoms with Gasteiger partial charge in [0.05, 0.1) is 16.9 Å². The summed E-state index contributed by atoms with van der Waals surface area (Å²) in [6, 6.07) is 5.11. The molecule has 1 aliphatic heterocycles. The third kappa shape index (κ3) is 3.30. The fourth-order valence-corrected chi connectivity index (χ4v) is 3.02. The molecule has 0 saturated carbocycles. The monoisotopic (exact) mass is 280 g/mol. The number of nitrogens with zero attached hydrogens (tertiary/aromatic N) is 1. The van der Waals surface area contributed by atoms with E-state index in [9.17, 15) is 4.39 Å². The molecule has 3 nitrogen and oxygen atoms in total. The van der Waals surface area contributed by atoms with Gasteiger partial charge < -0.3 is 15.4 Å². The SMILES string of the molecule is C[C@@H](N)c1ccc(N2CC(C)(C)OC(C)(C)C2)c(F)c1. The van der Waals surface area contributed by atoms with Crippen LogP contribution < -0.4 is 10.6 Å². The van der Waals surface area contributed by atoms with E-state index in [-0.39, 0.29) is 23.1 Å². The summed E-state index contributed by atoms with van der Waals surface area (Å²) in [5.41, 5.74) is 6.64. The van der Waals surface area contributed by atoms with Gasteiger partial charge in [-0.1, -0.05) is 6.07 Å². The van der Waals surface area contributed by atoms with Crippen molar-refractivity contribution in [2.75, 3.05) is 18.0 Å². The molecule has 1 heterocycles. The molecule has 1 fully saturated rings. The Morgan fingerprint density at radius 2 is 1.75 bits per heavy atom. The molecule has 1 aromatic carbocycles. The van der Waals surface area contributed by atoms with Gasteiger partial charge in [0.2, 0.25) is 0 Å². The zero-order chi connectivity index (χ0) is 15.1. The Hall–Kier alpha value is -1.13. The summed E-state index contributed by atoms with van der Waals surface area (Å²) < 4.78 is 20.4. The van der Waals surface area contributed by atoms with Crippen molar-refractivity contribution in [1.29, 1.82) is 0 Å². The maximum Gasteiger partial charge on any atom is 0.146 e. The molecule has 0 amide bonds. The van der Waals surface area contributed by atoms with Crippen molar-refractivity contribution in [1.82, 2.24) is 0 Å². The standard InChI is InChI=1S/C16H25FN2O/c1-11(18)12-6-7-14(13(17)8-12)19-9-15(2,3)20-16(4,5)10-19/h6-8,11H,9-10,18H2,1-5H3/t11-/m1/s1. The quantitative estimate of drug-likeness (QED) is 0.904.